The minimum absolute atomic E-state index is 0. The van der Waals surface area contributed by atoms with Gasteiger partial charge in [0.05, 0.1) is 26.4 Å². The zero-order chi connectivity index (χ0) is 16.5. The number of ether oxygens (including phenoxy) is 3. The maximum Gasteiger partial charge on any atom is 0.188 e. The van der Waals surface area contributed by atoms with Crippen molar-refractivity contribution in [3.8, 4) is 11.5 Å². The van der Waals surface area contributed by atoms with Crippen molar-refractivity contribution in [2.24, 2.45) is 10.7 Å². The highest BCUT2D eigenvalue weighted by atomic mass is 127. The molecule has 1 fully saturated rings. The van der Waals surface area contributed by atoms with E-state index in [2.05, 4.69) is 10.3 Å². The first-order valence-electron chi connectivity index (χ1n) is 8.09. The number of nitrogens with one attached hydrogen (secondary N) is 1. The standard InChI is InChI=1S/C17H27N3O3.HI/c1-21-10-9-19-17(18)20-12-13-7-8-15(22-2)16(11-13)23-14-5-3-4-6-14;/h7-8,11,14H,3-6,9-10,12H2,1-2H3,(H3,18,19,20);1H. The Morgan fingerprint density at radius 1 is 1.25 bits per heavy atom. The van der Waals surface area contributed by atoms with E-state index in [1.807, 2.05) is 18.2 Å². The summed E-state index contributed by atoms with van der Waals surface area (Å²) in [4.78, 5) is 4.33. The van der Waals surface area contributed by atoms with Gasteiger partial charge in [0.25, 0.3) is 0 Å². The first-order valence-corrected chi connectivity index (χ1v) is 8.09. The summed E-state index contributed by atoms with van der Waals surface area (Å²) in [5, 5.41) is 3.00. The average Bonchev–Trinajstić information content (AvgIpc) is 3.06. The molecular weight excluding hydrogens is 421 g/mol. The molecule has 0 atom stereocenters. The van der Waals surface area contributed by atoms with Crippen LogP contribution >= 0.6 is 24.0 Å². The Kier molecular flexibility index (Phi) is 9.85. The third kappa shape index (κ3) is 6.72. The number of nitrogens with two attached hydrogens (primary N) is 1. The molecule has 136 valence electrons. The van der Waals surface area contributed by atoms with Gasteiger partial charge < -0.3 is 25.3 Å². The molecule has 1 saturated carbocycles. The molecule has 0 radical (unpaired) electrons. The van der Waals surface area contributed by atoms with Crippen LogP contribution in [0.25, 0.3) is 0 Å². The lowest BCUT2D eigenvalue weighted by molar-refractivity contribution is 0.200. The summed E-state index contributed by atoms with van der Waals surface area (Å²) in [7, 11) is 3.31. The van der Waals surface area contributed by atoms with E-state index in [1.165, 1.54) is 12.8 Å². The quantitative estimate of drug-likeness (QED) is 0.276. The fraction of sp³-hybridized carbons (Fsp3) is 0.588. The lowest BCUT2D eigenvalue weighted by Gasteiger charge is -2.16. The van der Waals surface area contributed by atoms with E-state index >= 15 is 0 Å². The second kappa shape index (κ2) is 11.4. The highest BCUT2D eigenvalue weighted by molar-refractivity contribution is 14.0. The molecular formula is C17H28IN3O3. The van der Waals surface area contributed by atoms with Gasteiger partial charge in [-0.2, -0.15) is 0 Å². The third-order valence-electron chi connectivity index (χ3n) is 3.87. The molecule has 0 spiro atoms. The molecule has 0 saturated heterocycles. The van der Waals surface area contributed by atoms with Crippen LogP contribution in [0.2, 0.25) is 0 Å². The van der Waals surface area contributed by atoms with Gasteiger partial charge in [-0.1, -0.05) is 6.07 Å². The third-order valence-corrected chi connectivity index (χ3v) is 3.87. The van der Waals surface area contributed by atoms with Gasteiger partial charge in [-0.15, -0.1) is 24.0 Å². The molecule has 1 aliphatic carbocycles. The Morgan fingerprint density at radius 3 is 2.67 bits per heavy atom. The molecule has 0 aromatic heterocycles. The Balaban J connectivity index is 0.00000288. The number of methoxy groups -OCH3 is 2. The molecule has 1 aromatic rings. The molecule has 3 N–H and O–H groups in total. The highest BCUT2D eigenvalue weighted by Gasteiger charge is 2.18. The number of guanidine groups is 1. The van der Waals surface area contributed by atoms with E-state index in [-0.39, 0.29) is 24.0 Å². The zero-order valence-electron chi connectivity index (χ0n) is 14.4. The maximum absolute atomic E-state index is 6.09. The number of halogens is 1. The minimum Gasteiger partial charge on any atom is -0.493 e. The van der Waals surface area contributed by atoms with Crippen molar-refractivity contribution in [2.75, 3.05) is 27.4 Å². The Hall–Kier alpha value is -1.22. The molecule has 0 unspecified atom stereocenters. The van der Waals surface area contributed by atoms with Crippen LogP contribution in [0, 0.1) is 0 Å². The molecule has 0 bridgehead atoms. The van der Waals surface area contributed by atoms with Crippen molar-refractivity contribution >= 4 is 29.9 Å². The summed E-state index contributed by atoms with van der Waals surface area (Å²) in [5.74, 6) is 1.96. The smallest absolute Gasteiger partial charge is 0.188 e. The van der Waals surface area contributed by atoms with Crippen molar-refractivity contribution in [1.82, 2.24) is 5.32 Å². The van der Waals surface area contributed by atoms with Crippen molar-refractivity contribution in [3.05, 3.63) is 23.8 Å². The number of hydrogen-bond acceptors (Lipinski definition) is 4. The fourth-order valence-electron chi connectivity index (χ4n) is 2.61. The van der Waals surface area contributed by atoms with Gasteiger partial charge in [-0.05, 0) is 43.4 Å². The molecule has 0 amide bonds. The van der Waals surface area contributed by atoms with Crippen LogP contribution in [-0.4, -0.2) is 39.4 Å². The summed E-state index contributed by atoms with van der Waals surface area (Å²) in [5.41, 5.74) is 6.85. The second-order valence-corrected chi connectivity index (χ2v) is 5.63. The van der Waals surface area contributed by atoms with E-state index in [0.29, 0.717) is 31.8 Å². The molecule has 0 heterocycles. The number of nitrogens with zero attached hydrogens (tertiary/aromatic N) is 1. The van der Waals surface area contributed by atoms with E-state index in [4.69, 9.17) is 19.9 Å². The summed E-state index contributed by atoms with van der Waals surface area (Å²) < 4.78 is 16.4. The van der Waals surface area contributed by atoms with Gasteiger partial charge in [0.15, 0.2) is 17.5 Å². The van der Waals surface area contributed by atoms with Gasteiger partial charge in [-0.25, -0.2) is 4.99 Å². The van der Waals surface area contributed by atoms with Crippen LogP contribution in [0.3, 0.4) is 0 Å². The summed E-state index contributed by atoms with van der Waals surface area (Å²) in [6, 6.07) is 5.89. The minimum atomic E-state index is 0. The highest BCUT2D eigenvalue weighted by Crippen LogP contribution is 2.32. The van der Waals surface area contributed by atoms with Crippen molar-refractivity contribution < 1.29 is 14.2 Å². The number of benzene rings is 1. The van der Waals surface area contributed by atoms with E-state index in [9.17, 15) is 0 Å². The van der Waals surface area contributed by atoms with Gasteiger partial charge in [0.2, 0.25) is 0 Å². The Bertz CT molecular complexity index is 520. The molecule has 0 aliphatic heterocycles. The van der Waals surface area contributed by atoms with Gasteiger partial charge >= 0.3 is 0 Å². The predicted molar refractivity (Wildman–Crippen MR) is 106 cm³/mol. The second-order valence-electron chi connectivity index (χ2n) is 5.63. The van der Waals surface area contributed by atoms with Crippen LogP contribution in [-0.2, 0) is 11.3 Å². The topological polar surface area (TPSA) is 78.1 Å². The fourth-order valence-corrected chi connectivity index (χ4v) is 2.61. The average molecular weight is 449 g/mol. The summed E-state index contributed by atoms with van der Waals surface area (Å²) in [6.45, 7) is 1.74. The molecule has 1 aromatic carbocycles. The van der Waals surface area contributed by atoms with Crippen LogP contribution < -0.4 is 20.5 Å². The van der Waals surface area contributed by atoms with Crippen LogP contribution in [0.5, 0.6) is 11.5 Å². The molecule has 1 aliphatic rings. The van der Waals surface area contributed by atoms with E-state index < -0.39 is 0 Å². The number of aliphatic imine (C=N–C) groups is 1. The van der Waals surface area contributed by atoms with Crippen molar-refractivity contribution in [3.63, 3.8) is 0 Å². The zero-order valence-corrected chi connectivity index (χ0v) is 16.7. The molecule has 24 heavy (non-hydrogen) atoms. The SMILES string of the molecule is COCCNC(N)=NCc1ccc(OC)c(OC2CCCC2)c1.I. The van der Waals surface area contributed by atoms with Gasteiger partial charge in [-0.3, -0.25) is 0 Å². The van der Waals surface area contributed by atoms with Crippen molar-refractivity contribution in [2.45, 2.75) is 38.3 Å². The number of rotatable bonds is 8. The van der Waals surface area contributed by atoms with Gasteiger partial charge in [0, 0.05) is 13.7 Å². The monoisotopic (exact) mass is 449 g/mol. The molecule has 7 heteroatoms. The van der Waals surface area contributed by atoms with Crippen LogP contribution in [0.4, 0.5) is 0 Å². The van der Waals surface area contributed by atoms with E-state index in [1.54, 1.807) is 14.2 Å². The maximum atomic E-state index is 6.09. The van der Waals surface area contributed by atoms with E-state index in [0.717, 1.165) is 29.9 Å². The largest absolute Gasteiger partial charge is 0.493 e. The molecule has 6 nitrogen and oxygen atoms in total. The lowest BCUT2D eigenvalue weighted by atomic mass is 10.2. The number of hydrogen-bond donors (Lipinski definition) is 2. The lowest BCUT2D eigenvalue weighted by Crippen LogP contribution is -2.34. The van der Waals surface area contributed by atoms with Crippen LogP contribution in [0.1, 0.15) is 31.2 Å². The van der Waals surface area contributed by atoms with Crippen LogP contribution in [0.15, 0.2) is 23.2 Å². The van der Waals surface area contributed by atoms with Crippen molar-refractivity contribution in [1.29, 1.82) is 0 Å². The Morgan fingerprint density at radius 2 is 2.00 bits per heavy atom. The van der Waals surface area contributed by atoms with Gasteiger partial charge in [0.1, 0.15) is 0 Å². The normalized spacial score (nSPS) is 15.0. The summed E-state index contributed by atoms with van der Waals surface area (Å²) >= 11 is 0. The summed E-state index contributed by atoms with van der Waals surface area (Å²) in [6.07, 6.45) is 4.99. The Labute approximate surface area is 161 Å². The first-order chi connectivity index (χ1) is 11.2. The molecule has 2 rings (SSSR count). The first kappa shape index (κ1) is 20.8. The predicted octanol–water partition coefficient (Wildman–Crippen LogP) is 2.69.